The summed E-state index contributed by atoms with van der Waals surface area (Å²) in [6.07, 6.45) is 4.53. The molecule has 1 aliphatic heterocycles. The van der Waals surface area contributed by atoms with Crippen molar-refractivity contribution in [2.24, 2.45) is 0 Å². The van der Waals surface area contributed by atoms with Crippen molar-refractivity contribution in [2.45, 2.75) is 51.6 Å². The average molecular weight is 224 g/mol. The van der Waals surface area contributed by atoms with Crippen LogP contribution >= 0.6 is 0 Å². The second-order valence-corrected chi connectivity index (χ2v) is 4.77. The lowest BCUT2D eigenvalue weighted by Gasteiger charge is -2.22. The van der Waals surface area contributed by atoms with Crippen molar-refractivity contribution in [3.8, 4) is 0 Å². The lowest BCUT2D eigenvalue weighted by molar-refractivity contribution is 0.392. The summed E-state index contributed by atoms with van der Waals surface area (Å²) in [7, 11) is 0. The Labute approximate surface area is 95.2 Å². The Morgan fingerprint density at radius 3 is 2.88 bits per heavy atom. The molecule has 1 unspecified atom stereocenters. The van der Waals surface area contributed by atoms with E-state index in [2.05, 4.69) is 15.4 Å². The van der Waals surface area contributed by atoms with Gasteiger partial charge in [-0.1, -0.05) is 6.42 Å². The molecule has 0 amide bonds. The van der Waals surface area contributed by atoms with E-state index in [0.29, 0.717) is 6.04 Å². The van der Waals surface area contributed by atoms with Crippen LogP contribution in [-0.2, 0) is 6.42 Å². The highest BCUT2D eigenvalue weighted by molar-refractivity contribution is 4.89. The van der Waals surface area contributed by atoms with Gasteiger partial charge in [-0.3, -0.25) is 4.98 Å². The summed E-state index contributed by atoms with van der Waals surface area (Å²) in [6, 6.07) is 0.594. The summed E-state index contributed by atoms with van der Waals surface area (Å²) in [4.78, 5) is 14.4. The molecule has 0 bridgehead atoms. The summed E-state index contributed by atoms with van der Waals surface area (Å²) >= 11 is 0. The highest BCUT2D eigenvalue weighted by Gasteiger charge is 2.16. The van der Waals surface area contributed by atoms with Crippen molar-refractivity contribution in [1.82, 2.24) is 20.1 Å². The van der Waals surface area contributed by atoms with E-state index in [4.69, 9.17) is 0 Å². The fourth-order valence-electron chi connectivity index (χ4n) is 2.15. The van der Waals surface area contributed by atoms with Crippen molar-refractivity contribution < 1.29 is 0 Å². The van der Waals surface area contributed by atoms with E-state index in [1.807, 2.05) is 13.8 Å². The van der Waals surface area contributed by atoms with E-state index in [1.165, 1.54) is 23.9 Å². The lowest BCUT2D eigenvalue weighted by atomic mass is 10.0. The number of hydrogen-bond donors (Lipinski definition) is 2. The minimum Gasteiger partial charge on any atom is -0.314 e. The summed E-state index contributed by atoms with van der Waals surface area (Å²) in [5.41, 5.74) is -0.0965. The van der Waals surface area contributed by atoms with Crippen LogP contribution in [0.5, 0.6) is 0 Å². The Kier molecular flexibility index (Phi) is 3.43. The Balaban J connectivity index is 2.04. The van der Waals surface area contributed by atoms with Gasteiger partial charge in [0.1, 0.15) is 5.82 Å². The van der Waals surface area contributed by atoms with Crippen LogP contribution in [0.1, 0.15) is 45.0 Å². The number of H-pyrrole nitrogens is 1. The Bertz CT molecular complexity index is 387. The predicted octanol–water partition coefficient (Wildman–Crippen LogP) is 0.837. The zero-order valence-electron chi connectivity index (χ0n) is 9.99. The van der Waals surface area contributed by atoms with Crippen LogP contribution in [0.15, 0.2) is 4.79 Å². The molecule has 0 saturated carbocycles. The summed E-state index contributed by atoms with van der Waals surface area (Å²) in [5.74, 6) is 0.804. The first-order chi connectivity index (χ1) is 7.66. The summed E-state index contributed by atoms with van der Waals surface area (Å²) < 4.78 is 1.51. The normalized spacial score (nSPS) is 21.6. The van der Waals surface area contributed by atoms with Crippen molar-refractivity contribution in [3.05, 3.63) is 16.3 Å². The third kappa shape index (κ3) is 2.52. The number of hydrogen-bond acceptors (Lipinski definition) is 3. The quantitative estimate of drug-likeness (QED) is 0.799. The molecule has 1 atom stereocenters. The molecular weight excluding hydrogens is 204 g/mol. The molecule has 0 aromatic carbocycles. The SMILES string of the molecule is CC(C)n1nc(CC2CCCCN2)[nH]c1=O. The zero-order chi connectivity index (χ0) is 11.5. The van der Waals surface area contributed by atoms with E-state index in [-0.39, 0.29) is 11.7 Å². The number of rotatable bonds is 3. The maximum absolute atomic E-state index is 11.5. The average Bonchev–Trinajstić information content (AvgIpc) is 2.61. The van der Waals surface area contributed by atoms with Gasteiger partial charge in [-0.2, -0.15) is 5.10 Å². The molecular formula is C11H20N4O. The standard InChI is InChI=1S/C11H20N4O/c1-8(2)15-11(16)13-10(14-15)7-9-5-3-4-6-12-9/h8-9,12H,3-7H2,1-2H3,(H,13,14,16). The van der Waals surface area contributed by atoms with E-state index in [1.54, 1.807) is 0 Å². The van der Waals surface area contributed by atoms with Gasteiger partial charge < -0.3 is 5.32 Å². The zero-order valence-corrected chi connectivity index (χ0v) is 9.99. The van der Waals surface area contributed by atoms with Gasteiger partial charge in [0, 0.05) is 12.5 Å². The van der Waals surface area contributed by atoms with Crippen LogP contribution < -0.4 is 11.0 Å². The molecule has 0 aliphatic carbocycles. The van der Waals surface area contributed by atoms with E-state index < -0.39 is 0 Å². The summed E-state index contributed by atoms with van der Waals surface area (Å²) in [5, 5.41) is 7.77. The van der Waals surface area contributed by atoms with Crippen LogP contribution in [0.2, 0.25) is 0 Å². The topological polar surface area (TPSA) is 62.7 Å². The van der Waals surface area contributed by atoms with Crippen LogP contribution in [0.4, 0.5) is 0 Å². The fraction of sp³-hybridized carbons (Fsp3) is 0.818. The molecule has 1 aromatic heterocycles. The van der Waals surface area contributed by atoms with Gasteiger partial charge in [-0.25, -0.2) is 9.48 Å². The van der Waals surface area contributed by atoms with Crippen LogP contribution in [0.25, 0.3) is 0 Å². The molecule has 0 radical (unpaired) electrons. The first-order valence-corrected chi connectivity index (χ1v) is 6.08. The van der Waals surface area contributed by atoms with Gasteiger partial charge in [0.2, 0.25) is 0 Å². The molecule has 5 nitrogen and oxygen atoms in total. The van der Waals surface area contributed by atoms with Gasteiger partial charge in [0.15, 0.2) is 0 Å². The van der Waals surface area contributed by atoms with E-state index in [9.17, 15) is 4.79 Å². The first-order valence-electron chi connectivity index (χ1n) is 6.08. The molecule has 1 saturated heterocycles. The van der Waals surface area contributed by atoms with Gasteiger partial charge >= 0.3 is 5.69 Å². The highest BCUT2D eigenvalue weighted by atomic mass is 16.2. The maximum atomic E-state index is 11.5. The minimum absolute atomic E-state index is 0.0965. The number of piperidine rings is 1. The molecule has 16 heavy (non-hydrogen) atoms. The monoisotopic (exact) mass is 224 g/mol. The molecule has 90 valence electrons. The Morgan fingerprint density at radius 2 is 2.31 bits per heavy atom. The van der Waals surface area contributed by atoms with Crippen LogP contribution in [-0.4, -0.2) is 27.4 Å². The third-order valence-electron chi connectivity index (χ3n) is 3.03. The molecule has 2 rings (SSSR count). The van der Waals surface area contributed by atoms with Crippen LogP contribution in [0.3, 0.4) is 0 Å². The number of nitrogens with zero attached hydrogens (tertiary/aromatic N) is 2. The number of aromatic nitrogens is 3. The second-order valence-electron chi connectivity index (χ2n) is 4.77. The molecule has 1 fully saturated rings. The van der Waals surface area contributed by atoms with E-state index in [0.717, 1.165) is 18.8 Å². The smallest absolute Gasteiger partial charge is 0.314 e. The number of nitrogens with one attached hydrogen (secondary N) is 2. The Morgan fingerprint density at radius 1 is 1.50 bits per heavy atom. The maximum Gasteiger partial charge on any atom is 0.343 e. The van der Waals surface area contributed by atoms with Crippen molar-refractivity contribution >= 4 is 0 Å². The molecule has 1 aromatic rings. The van der Waals surface area contributed by atoms with Crippen molar-refractivity contribution in [3.63, 3.8) is 0 Å². The largest absolute Gasteiger partial charge is 0.343 e. The van der Waals surface area contributed by atoms with Gasteiger partial charge in [0.25, 0.3) is 0 Å². The molecule has 0 spiro atoms. The molecule has 1 aliphatic rings. The van der Waals surface area contributed by atoms with Gasteiger partial charge in [-0.15, -0.1) is 0 Å². The van der Waals surface area contributed by atoms with Crippen molar-refractivity contribution in [2.75, 3.05) is 6.54 Å². The van der Waals surface area contributed by atoms with Gasteiger partial charge in [-0.05, 0) is 33.2 Å². The highest BCUT2D eigenvalue weighted by Crippen LogP contribution is 2.10. The van der Waals surface area contributed by atoms with Gasteiger partial charge in [0.05, 0.1) is 6.04 Å². The molecule has 2 heterocycles. The fourth-order valence-corrected chi connectivity index (χ4v) is 2.15. The minimum atomic E-state index is -0.0965. The van der Waals surface area contributed by atoms with Crippen molar-refractivity contribution in [1.29, 1.82) is 0 Å². The number of aromatic amines is 1. The first kappa shape index (κ1) is 11.4. The van der Waals surface area contributed by atoms with Crippen LogP contribution in [0, 0.1) is 0 Å². The predicted molar refractivity (Wildman–Crippen MR) is 62.6 cm³/mol. The van der Waals surface area contributed by atoms with E-state index >= 15 is 0 Å². The Hall–Kier alpha value is -1.10. The third-order valence-corrected chi connectivity index (χ3v) is 3.03. The molecule has 2 N–H and O–H groups in total. The lowest BCUT2D eigenvalue weighted by Crippen LogP contribution is -2.35. The second kappa shape index (κ2) is 4.82. The molecule has 5 heteroatoms. The summed E-state index contributed by atoms with van der Waals surface area (Å²) in [6.45, 7) is 5.01.